The molecule has 2 N–H and O–H groups in total. The number of rotatable bonds is 3. The molecule has 0 bridgehead atoms. The molecular weight excluding hydrogens is 244 g/mol. The first-order valence-electron chi connectivity index (χ1n) is 6.42. The maximum Gasteiger partial charge on any atom is 0.150 e. The van der Waals surface area contributed by atoms with Crippen molar-refractivity contribution in [3.8, 4) is 0 Å². The summed E-state index contributed by atoms with van der Waals surface area (Å²) in [6, 6.07) is 6.43. The number of hydrogen-bond acceptors (Lipinski definition) is 4. The summed E-state index contributed by atoms with van der Waals surface area (Å²) in [7, 11) is 0. The van der Waals surface area contributed by atoms with Gasteiger partial charge in [-0.05, 0) is 0 Å². The van der Waals surface area contributed by atoms with Crippen molar-refractivity contribution in [1.29, 1.82) is 0 Å². The predicted molar refractivity (Wildman–Crippen MR) is 78.7 cm³/mol. The van der Waals surface area contributed by atoms with Crippen LogP contribution in [0.4, 0.5) is 0 Å². The first kappa shape index (κ1) is 22.6. The zero-order valence-corrected chi connectivity index (χ0v) is 12.3. The maximum atomic E-state index is 10.1. The Morgan fingerprint density at radius 2 is 1.05 bits per heavy atom. The van der Waals surface area contributed by atoms with E-state index >= 15 is 0 Å². The highest BCUT2D eigenvalue weighted by molar-refractivity contribution is 5.79. The lowest BCUT2D eigenvalue weighted by molar-refractivity contribution is 0.111. The van der Waals surface area contributed by atoms with Crippen LogP contribution in [-0.2, 0) is 0 Å². The van der Waals surface area contributed by atoms with Crippen LogP contribution in [0.2, 0.25) is 0 Å². The van der Waals surface area contributed by atoms with Crippen molar-refractivity contribution in [2.75, 3.05) is 13.2 Å². The second kappa shape index (κ2) is 21.7. The third-order valence-corrected chi connectivity index (χ3v) is 1.31. The Morgan fingerprint density at radius 3 is 1.16 bits per heavy atom. The van der Waals surface area contributed by atoms with Crippen molar-refractivity contribution in [3.05, 3.63) is 35.4 Å². The zero-order chi connectivity index (χ0) is 15.5. The van der Waals surface area contributed by atoms with Gasteiger partial charge in [0, 0.05) is 11.1 Å². The fourth-order valence-corrected chi connectivity index (χ4v) is 0.653. The highest BCUT2D eigenvalue weighted by Gasteiger charge is 1.88. The van der Waals surface area contributed by atoms with Crippen molar-refractivity contribution < 1.29 is 19.8 Å². The molecule has 110 valence electrons. The minimum absolute atomic E-state index is 0.125. The number of carbonyl (C=O) groups is 2. The summed E-state index contributed by atoms with van der Waals surface area (Å²) in [6.45, 7) is 8.00. The van der Waals surface area contributed by atoms with Crippen LogP contribution in [0.1, 0.15) is 54.8 Å². The lowest BCUT2D eigenvalue weighted by Crippen LogP contribution is -1.85. The summed E-state index contributed by atoms with van der Waals surface area (Å²) in [6.07, 6.45) is 2.74. The Morgan fingerprint density at radius 1 is 0.842 bits per heavy atom. The average Bonchev–Trinajstić information content (AvgIpc) is 2.50. The zero-order valence-electron chi connectivity index (χ0n) is 12.3. The third kappa shape index (κ3) is 19.0. The van der Waals surface area contributed by atoms with Gasteiger partial charge in [-0.3, -0.25) is 9.59 Å². The van der Waals surface area contributed by atoms with Crippen LogP contribution in [0, 0.1) is 0 Å². The molecule has 0 atom stereocenters. The van der Waals surface area contributed by atoms with E-state index in [-0.39, 0.29) is 13.2 Å². The Balaban J connectivity index is -0.000000239. The SMILES string of the molecule is CC.CCC.O=Cc1ccc(C=O)cc1.OCCO. The second-order valence-corrected chi connectivity index (χ2v) is 3.06. The van der Waals surface area contributed by atoms with Crippen LogP contribution in [-0.4, -0.2) is 36.0 Å². The lowest BCUT2D eigenvalue weighted by Gasteiger charge is -1.88. The van der Waals surface area contributed by atoms with Gasteiger partial charge in [-0.15, -0.1) is 0 Å². The maximum absolute atomic E-state index is 10.1. The van der Waals surface area contributed by atoms with E-state index in [4.69, 9.17) is 10.2 Å². The topological polar surface area (TPSA) is 74.6 Å². The van der Waals surface area contributed by atoms with Crippen molar-refractivity contribution in [2.45, 2.75) is 34.1 Å². The minimum Gasteiger partial charge on any atom is -0.394 e. The highest BCUT2D eigenvalue weighted by Crippen LogP contribution is 1.98. The van der Waals surface area contributed by atoms with E-state index in [0.29, 0.717) is 11.1 Å². The smallest absolute Gasteiger partial charge is 0.150 e. The molecule has 4 heteroatoms. The van der Waals surface area contributed by atoms with Crippen LogP contribution < -0.4 is 0 Å². The van der Waals surface area contributed by atoms with Crippen LogP contribution in [0.25, 0.3) is 0 Å². The molecule has 0 unspecified atom stereocenters. The molecule has 0 aliphatic heterocycles. The quantitative estimate of drug-likeness (QED) is 0.828. The van der Waals surface area contributed by atoms with Crippen molar-refractivity contribution in [3.63, 3.8) is 0 Å². The molecule has 4 nitrogen and oxygen atoms in total. The first-order valence-corrected chi connectivity index (χ1v) is 6.42. The Bertz CT molecular complexity index is 252. The van der Waals surface area contributed by atoms with E-state index in [0.717, 1.165) is 12.6 Å². The van der Waals surface area contributed by atoms with E-state index in [1.54, 1.807) is 24.3 Å². The summed E-state index contributed by atoms with van der Waals surface area (Å²) < 4.78 is 0. The minimum atomic E-state index is -0.125. The normalized spacial score (nSPS) is 7.47. The molecule has 0 saturated heterocycles. The molecule has 0 aliphatic rings. The van der Waals surface area contributed by atoms with Gasteiger partial charge in [0.15, 0.2) is 0 Å². The molecule has 1 aromatic rings. The van der Waals surface area contributed by atoms with Gasteiger partial charge in [-0.25, -0.2) is 0 Å². The average molecular weight is 270 g/mol. The fourth-order valence-electron chi connectivity index (χ4n) is 0.653. The third-order valence-electron chi connectivity index (χ3n) is 1.31. The monoisotopic (exact) mass is 270 g/mol. The van der Waals surface area contributed by atoms with Gasteiger partial charge < -0.3 is 10.2 Å². The van der Waals surface area contributed by atoms with Crippen LogP contribution in [0.15, 0.2) is 24.3 Å². The molecule has 0 radical (unpaired) electrons. The van der Waals surface area contributed by atoms with Gasteiger partial charge in [-0.1, -0.05) is 58.4 Å². The van der Waals surface area contributed by atoms with E-state index in [9.17, 15) is 9.59 Å². The number of aldehydes is 2. The summed E-state index contributed by atoms with van der Waals surface area (Å²) in [5, 5.41) is 15.2. The van der Waals surface area contributed by atoms with Gasteiger partial charge >= 0.3 is 0 Å². The van der Waals surface area contributed by atoms with E-state index < -0.39 is 0 Å². The number of carbonyl (C=O) groups excluding carboxylic acids is 2. The van der Waals surface area contributed by atoms with E-state index in [1.807, 2.05) is 13.8 Å². The molecule has 0 amide bonds. The highest BCUT2D eigenvalue weighted by atomic mass is 16.3. The largest absolute Gasteiger partial charge is 0.394 e. The van der Waals surface area contributed by atoms with Gasteiger partial charge in [0.2, 0.25) is 0 Å². The van der Waals surface area contributed by atoms with Crippen molar-refractivity contribution in [1.82, 2.24) is 0 Å². The van der Waals surface area contributed by atoms with E-state index in [2.05, 4.69) is 13.8 Å². The van der Waals surface area contributed by atoms with Gasteiger partial charge in [-0.2, -0.15) is 0 Å². The van der Waals surface area contributed by atoms with Gasteiger partial charge in [0.25, 0.3) is 0 Å². The standard InChI is InChI=1S/C8H6O2.C3H8.C2H6O2.C2H6/c9-5-7-1-2-8(6-10)4-3-7;1-3-2;3-1-2-4;1-2/h1-6H;3H2,1-2H3;3-4H,1-2H2;1-2H3. The summed E-state index contributed by atoms with van der Waals surface area (Å²) in [4.78, 5) is 20.2. The Labute approximate surface area is 116 Å². The second-order valence-electron chi connectivity index (χ2n) is 3.06. The number of hydrogen-bond donors (Lipinski definition) is 2. The van der Waals surface area contributed by atoms with E-state index in [1.165, 1.54) is 6.42 Å². The Kier molecular flexibility index (Phi) is 25.9. The summed E-state index contributed by atoms with van der Waals surface area (Å²) >= 11 is 0. The van der Waals surface area contributed by atoms with Crippen LogP contribution in [0.3, 0.4) is 0 Å². The van der Waals surface area contributed by atoms with Crippen LogP contribution in [0.5, 0.6) is 0 Å². The molecule has 1 rings (SSSR count). The summed E-state index contributed by atoms with van der Waals surface area (Å²) in [5.41, 5.74) is 1.18. The molecule has 19 heavy (non-hydrogen) atoms. The molecule has 0 fully saturated rings. The van der Waals surface area contributed by atoms with Gasteiger partial charge in [0.05, 0.1) is 13.2 Å². The van der Waals surface area contributed by atoms with Gasteiger partial charge in [0.1, 0.15) is 12.6 Å². The van der Waals surface area contributed by atoms with Crippen molar-refractivity contribution >= 4 is 12.6 Å². The first-order chi connectivity index (χ1) is 9.19. The molecule has 0 heterocycles. The number of benzene rings is 1. The fraction of sp³-hybridized carbons (Fsp3) is 0.467. The molecule has 0 saturated carbocycles. The van der Waals surface area contributed by atoms with Crippen LogP contribution >= 0.6 is 0 Å². The molecular formula is C15H26O4. The predicted octanol–water partition coefficient (Wildman–Crippen LogP) is 2.73. The Hall–Kier alpha value is -1.52. The number of aliphatic hydroxyl groups is 2. The molecule has 0 spiro atoms. The number of aliphatic hydroxyl groups excluding tert-OH is 2. The molecule has 1 aromatic carbocycles. The molecule has 0 aromatic heterocycles. The van der Waals surface area contributed by atoms with Crippen molar-refractivity contribution in [2.24, 2.45) is 0 Å². The lowest BCUT2D eigenvalue weighted by atomic mass is 10.2. The summed E-state index contributed by atoms with van der Waals surface area (Å²) in [5.74, 6) is 0. The molecule has 0 aliphatic carbocycles.